The van der Waals surface area contributed by atoms with Gasteiger partial charge in [-0.3, -0.25) is 0 Å². The van der Waals surface area contributed by atoms with E-state index in [1.165, 1.54) is 14.2 Å². The number of methoxy groups -OCH3 is 2. The Balaban J connectivity index is 2.92. The number of hydrogen-bond donors (Lipinski definition) is 0. The lowest BCUT2D eigenvalue weighted by Crippen LogP contribution is -2.41. The summed E-state index contributed by atoms with van der Waals surface area (Å²) in [6, 6.07) is 0. The number of allylic oxidation sites excluding steroid dienone is 2. The molecule has 0 heterocycles. The summed E-state index contributed by atoms with van der Waals surface area (Å²) in [5, 5.41) is 0. The first kappa shape index (κ1) is 16.8. The molecule has 0 aromatic rings. The molecule has 0 saturated heterocycles. The van der Waals surface area contributed by atoms with Gasteiger partial charge < -0.3 is 9.47 Å². The van der Waals surface area contributed by atoms with Crippen LogP contribution in [0.4, 0.5) is 0 Å². The molecule has 0 N–H and O–H groups in total. The number of esters is 2. The van der Waals surface area contributed by atoms with E-state index in [-0.39, 0.29) is 5.41 Å². The van der Waals surface area contributed by atoms with Crippen LogP contribution in [0, 0.1) is 16.2 Å². The van der Waals surface area contributed by atoms with Crippen molar-refractivity contribution in [1.29, 1.82) is 0 Å². The molecule has 2 aliphatic rings. The van der Waals surface area contributed by atoms with Crippen molar-refractivity contribution in [3.8, 4) is 0 Å². The second kappa shape index (κ2) is 4.71. The topological polar surface area (TPSA) is 52.6 Å². The zero-order valence-corrected chi connectivity index (χ0v) is 14.8. The average molecular weight is 306 g/mol. The first-order valence-corrected chi connectivity index (χ1v) is 7.69. The third-order valence-corrected chi connectivity index (χ3v) is 7.01. The van der Waals surface area contributed by atoms with Crippen molar-refractivity contribution >= 4 is 11.9 Å². The summed E-state index contributed by atoms with van der Waals surface area (Å²) in [6.45, 7) is 12.5. The molecule has 0 aliphatic heterocycles. The highest BCUT2D eigenvalue weighted by Crippen LogP contribution is 2.77. The lowest BCUT2D eigenvalue weighted by Gasteiger charge is -2.45. The number of carbonyl (C=O) groups is 2. The van der Waals surface area contributed by atoms with E-state index in [0.29, 0.717) is 11.1 Å². The summed E-state index contributed by atoms with van der Waals surface area (Å²) < 4.78 is 10.0. The summed E-state index contributed by atoms with van der Waals surface area (Å²) in [7, 11) is 2.72. The molecule has 0 radical (unpaired) electrons. The van der Waals surface area contributed by atoms with Crippen LogP contribution in [0.3, 0.4) is 0 Å². The lowest BCUT2D eigenvalue weighted by molar-refractivity contribution is -0.140. The minimum absolute atomic E-state index is 0.263. The molecule has 122 valence electrons. The first-order valence-electron chi connectivity index (χ1n) is 7.69. The van der Waals surface area contributed by atoms with Crippen molar-refractivity contribution in [2.45, 2.75) is 48.0 Å². The highest BCUT2D eigenvalue weighted by Gasteiger charge is 2.72. The number of fused-ring (bicyclic) bond motifs is 2. The van der Waals surface area contributed by atoms with Crippen molar-refractivity contribution in [3.05, 3.63) is 22.3 Å². The molecule has 0 amide bonds. The van der Waals surface area contributed by atoms with Gasteiger partial charge in [0.1, 0.15) is 0 Å². The van der Waals surface area contributed by atoms with Gasteiger partial charge in [-0.05, 0) is 25.7 Å². The summed E-state index contributed by atoms with van der Waals surface area (Å²) in [5.74, 6) is -0.865. The maximum absolute atomic E-state index is 12.5. The molecule has 4 heteroatoms. The molecule has 2 aliphatic carbocycles. The fraction of sp³-hybridized carbons (Fsp3) is 0.667. The van der Waals surface area contributed by atoms with Crippen LogP contribution < -0.4 is 0 Å². The second-order valence-electron chi connectivity index (χ2n) is 6.92. The van der Waals surface area contributed by atoms with Crippen LogP contribution in [0.1, 0.15) is 48.0 Å². The fourth-order valence-corrected chi connectivity index (χ4v) is 5.03. The zero-order valence-electron chi connectivity index (χ0n) is 14.8. The molecule has 4 nitrogen and oxygen atoms in total. The number of rotatable bonds is 3. The van der Waals surface area contributed by atoms with Crippen molar-refractivity contribution in [2.75, 3.05) is 14.2 Å². The van der Waals surface area contributed by atoms with E-state index >= 15 is 0 Å². The summed E-state index contributed by atoms with van der Waals surface area (Å²) in [6.07, 6.45) is 0.843. The van der Waals surface area contributed by atoms with Gasteiger partial charge in [-0.1, -0.05) is 38.8 Å². The molecule has 0 fully saturated rings. The van der Waals surface area contributed by atoms with Crippen LogP contribution in [-0.2, 0) is 19.1 Å². The second-order valence-corrected chi connectivity index (χ2v) is 6.92. The van der Waals surface area contributed by atoms with Gasteiger partial charge in [-0.15, -0.1) is 0 Å². The molecule has 1 unspecified atom stereocenters. The highest BCUT2D eigenvalue weighted by atomic mass is 16.5. The van der Waals surface area contributed by atoms with E-state index in [0.717, 1.165) is 17.6 Å². The Morgan fingerprint density at radius 1 is 0.864 bits per heavy atom. The molecular weight excluding hydrogens is 280 g/mol. The Morgan fingerprint density at radius 2 is 1.18 bits per heavy atom. The van der Waals surface area contributed by atoms with Crippen LogP contribution in [0.15, 0.2) is 22.3 Å². The summed E-state index contributed by atoms with van der Waals surface area (Å²) in [4.78, 5) is 25.1. The molecule has 0 aromatic heterocycles. The predicted octanol–water partition coefficient (Wildman–Crippen LogP) is 3.42. The molecule has 22 heavy (non-hydrogen) atoms. The third kappa shape index (κ3) is 1.39. The van der Waals surface area contributed by atoms with Crippen LogP contribution >= 0.6 is 0 Å². The van der Waals surface area contributed by atoms with Crippen LogP contribution in [0.2, 0.25) is 0 Å². The average Bonchev–Trinajstić information content (AvgIpc) is 2.75. The quantitative estimate of drug-likeness (QED) is 0.592. The Kier molecular flexibility index (Phi) is 3.59. The van der Waals surface area contributed by atoms with Gasteiger partial charge in [-0.25, -0.2) is 9.59 Å². The molecule has 3 atom stereocenters. The summed E-state index contributed by atoms with van der Waals surface area (Å²) >= 11 is 0. The Bertz CT molecular complexity index is 577. The minimum atomic E-state index is -0.517. The SMILES string of the molecule is CCC1(C)[C@@]2(C)C(C)=C(C)[C@]1(C)C(C(=O)OC)=C2C(=O)OC. The van der Waals surface area contributed by atoms with Gasteiger partial charge in [0, 0.05) is 10.8 Å². The Hall–Kier alpha value is -1.58. The van der Waals surface area contributed by atoms with E-state index in [1.54, 1.807) is 0 Å². The molecule has 0 aromatic carbocycles. The highest BCUT2D eigenvalue weighted by molar-refractivity contribution is 6.06. The van der Waals surface area contributed by atoms with Gasteiger partial charge in [0.15, 0.2) is 0 Å². The maximum atomic E-state index is 12.5. The van der Waals surface area contributed by atoms with Crippen molar-refractivity contribution in [1.82, 2.24) is 0 Å². The van der Waals surface area contributed by atoms with Crippen LogP contribution in [0.25, 0.3) is 0 Å². The van der Waals surface area contributed by atoms with E-state index in [1.807, 2.05) is 0 Å². The van der Waals surface area contributed by atoms with E-state index in [4.69, 9.17) is 9.47 Å². The van der Waals surface area contributed by atoms with Gasteiger partial charge in [-0.2, -0.15) is 0 Å². The van der Waals surface area contributed by atoms with Crippen LogP contribution in [-0.4, -0.2) is 26.2 Å². The van der Waals surface area contributed by atoms with Gasteiger partial charge in [0.05, 0.1) is 25.4 Å². The monoisotopic (exact) mass is 306 g/mol. The van der Waals surface area contributed by atoms with Gasteiger partial charge >= 0.3 is 11.9 Å². The van der Waals surface area contributed by atoms with Gasteiger partial charge in [0.25, 0.3) is 0 Å². The van der Waals surface area contributed by atoms with Crippen molar-refractivity contribution < 1.29 is 19.1 Å². The normalized spacial score (nSPS) is 36.9. The number of ether oxygens (including phenoxy) is 2. The molecular formula is C18H26O4. The third-order valence-electron chi connectivity index (χ3n) is 7.01. The number of hydrogen-bond acceptors (Lipinski definition) is 4. The maximum Gasteiger partial charge on any atom is 0.335 e. The Morgan fingerprint density at radius 3 is 1.41 bits per heavy atom. The minimum Gasteiger partial charge on any atom is -0.466 e. The standard InChI is InChI=1S/C18H26O4/c1-9-16(4)17(5)10(2)11(3)18(16,6)13(15(20)22-8)12(17)14(19)21-7/h9H2,1-8H3/t16?,17-,18+. The van der Waals surface area contributed by atoms with Crippen LogP contribution in [0.5, 0.6) is 0 Å². The predicted molar refractivity (Wildman–Crippen MR) is 84.0 cm³/mol. The largest absolute Gasteiger partial charge is 0.466 e. The lowest BCUT2D eigenvalue weighted by atomic mass is 9.57. The number of carbonyl (C=O) groups excluding carboxylic acids is 2. The van der Waals surface area contributed by atoms with E-state index in [9.17, 15) is 9.59 Å². The Labute approximate surface area is 132 Å². The first-order chi connectivity index (χ1) is 10.1. The van der Waals surface area contributed by atoms with Gasteiger partial charge in [0.2, 0.25) is 0 Å². The molecule has 0 spiro atoms. The smallest absolute Gasteiger partial charge is 0.335 e. The molecule has 2 bridgehead atoms. The fourth-order valence-electron chi connectivity index (χ4n) is 5.03. The zero-order chi connectivity index (χ0) is 17.1. The van der Waals surface area contributed by atoms with E-state index in [2.05, 4.69) is 41.5 Å². The molecule has 0 saturated carbocycles. The van der Waals surface area contributed by atoms with Crippen molar-refractivity contribution in [3.63, 3.8) is 0 Å². The molecule has 2 rings (SSSR count). The van der Waals surface area contributed by atoms with Crippen molar-refractivity contribution in [2.24, 2.45) is 16.2 Å². The van der Waals surface area contributed by atoms with E-state index < -0.39 is 22.8 Å². The summed E-state index contributed by atoms with van der Waals surface area (Å²) in [5.41, 5.74) is 1.96.